The Bertz CT molecular complexity index is 300. The fourth-order valence-corrected chi connectivity index (χ4v) is 1.73. The van der Waals surface area contributed by atoms with Crippen molar-refractivity contribution < 1.29 is 5.11 Å². The summed E-state index contributed by atoms with van der Waals surface area (Å²) in [5, 5.41) is 9.05. The molecule has 0 aliphatic heterocycles. The van der Waals surface area contributed by atoms with Crippen LogP contribution in [-0.2, 0) is 6.42 Å². The van der Waals surface area contributed by atoms with Crippen LogP contribution in [0.1, 0.15) is 42.4 Å². The Morgan fingerprint density at radius 2 is 2.23 bits per heavy atom. The minimum atomic E-state index is 0.768. The van der Waals surface area contributed by atoms with Crippen LogP contribution in [0, 0.1) is 6.61 Å². The van der Waals surface area contributed by atoms with Crippen molar-refractivity contribution in [2.45, 2.75) is 32.1 Å². The van der Waals surface area contributed by atoms with E-state index in [1.165, 1.54) is 30.6 Å². The molecular formula is C12H15O. The lowest BCUT2D eigenvalue weighted by molar-refractivity contribution is 0.413. The van der Waals surface area contributed by atoms with Crippen molar-refractivity contribution in [3.63, 3.8) is 0 Å². The van der Waals surface area contributed by atoms with E-state index in [2.05, 4.69) is 25.1 Å². The van der Waals surface area contributed by atoms with Crippen LogP contribution in [0.25, 0.3) is 0 Å². The van der Waals surface area contributed by atoms with Crippen LogP contribution in [0.15, 0.2) is 18.2 Å². The summed E-state index contributed by atoms with van der Waals surface area (Å²) >= 11 is 0. The van der Waals surface area contributed by atoms with E-state index in [-0.39, 0.29) is 0 Å². The van der Waals surface area contributed by atoms with Crippen molar-refractivity contribution in [3.05, 3.63) is 41.5 Å². The number of rotatable bonds is 3. The second kappa shape index (κ2) is 3.51. The molecule has 1 aliphatic rings. The topological polar surface area (TPSA) is 20.2 Å². The number of benzene rings is 1. The van der Waals surface area contributed by atoms with E-state index < -0.39 is 0 Å². The second-order valence-electron chi connectivity index (χ2n) is 3.72. The number of aliphatic hydroxyl groups excluding tert-OH is 1. The van der Waals surface area contributed by atoms with Crippen molar-refractivity contribution in [3.8, 4) is 0 Å². The van der Waals surface area contributed by atoms with Gasteiger partial charge in [-0.1, -0.05) is 25.1 Å². The summed E-state index contributed by atoms with van der Waals surface area (Å²) in [4.78, 5) is 0. The molecule has 0 spiro atoms. The van der Waals surface area contributed by atoms with Crippen LogP contribution in [-0.4, -0.2) is 5.11 Å². The van der Waals surface area contributed by atoms with E-state index in [1.807, 2.05) is 0 Å². The third kappa shape index (κ3) is 1.75. The maximum atomic E-state index is 9.05. The lowest BCUT2D eigenvalue weighted by Gasteiger charge is -2.06. The Morgan fingerprint density at radius 1 is 1.46 bits per heavy atom. The molecule has 1 aromatic carbocycles. The van der Waals surface area contributed by atoms with Gasteiger partial charge in [-0.2, -0.15) is 0 Å². The van der Waals surface area contributed by atoms with Crippen LogP contribution >= 0.6 is 0 Å². The van der Waals surface area contributed by atoms with E-state index in [4.69, 9.17) is 5.11 Å². The standard InChI is InChI=1S/C12H15O/c1-2-9-3-6-11(10-4-5-10)7-12(9)8-13/h3,6-8,10,13H,2,4-5H2,1H3. The van der Waals surface area contributed by atoms with Gasteiger partial charge in [0, 0.05) is 0 Å². The molecule has 1 radical (unpaired) electrons. The van der Waals surface area contributed by atoms with E-state index >= 15 is 0 Å². The molecule has 1 heteroatoms. The molecule has 1 fully saturated rings. The van der Waals surface area contributed by atoms with Gasteiger partial charge in [0.1, 0.15) is 6.61 Å². The average Bonchev–Trinajstić information content (AvgIpc) is 3.00. The molecule has 0 atom stereocenters. The Kier molecular flexibility index (Phi) is 2.36. The molecule has 13 heavy (non-hydrogen) atoms. The Labute approximate surface area is 79.4 Å². The van der Waals surface area contributed by atoms with Gasteiger partial charge in [-0.3, -0.25) is 0 Å². The molecule has 1 N–H and O–H groups in total. The minimum absolute atomic E-state index is 0.768. The zero-order valence-electron chi connectivity index (χ0n) is 7.96. The molecule has 0 unspecified atom stereocenters. The molecule has 1 aromatic rings. The van der Waals surface area contributed by atoms with Crippen LogP contribution in [0.3, 0.4) is 0 Å². The maximum absolute atomic E-state index is 9.05. The lowest BCUT2D eigenvalue weighted by atomic mass is 10.0. The molecule has 1 saturated carbocycles. The fourth-order valence-electron chi connectivity index (χ4n) is 1.73. The third-order valence-electron chi connectivity index (χ3n) is 2.74. The van der Waals surface area contributed by atoms with E-state index in [0.717, 1.165) is 17.9 Å². The molecule has 0 saturated heterocycles. The van der Waals surface area contributed by atoms with Gasteiger partial charge in [-0.25, -0.2) is 0 Å². The summed E-state index contributed by atoms with van der Waals surface area (Å²) in [6, 6.07) is 6.45. The largest absolute Gasteiger partial charge is 0.385 e. The van der Waals surface area contributed by atoms with Crippen molar-refractivity contribution >= 4 is 0 Å². The smallest absolute Gasteiger partial charge is 0.109 e. The van der Waals surface area contributed by atoms with Crippen molar-refractivity contribution in [1.82, 2.24) is 0 Å². The highest BCUT2D eigenvalue weighted by Crippen LogP contribution is 2.40. The molecule has 0 bridgehead atoms. The summed E-state index contributed by atoms with van der Waals surface area (Å²) in [5.41, 5.74) is 3.61. The summed E-state index contributed by atoms with van der Waals surface area (Å²) in [7, 11) is 0. The number of aliphatic hydroxyl groups is 1. The quantitative estimate of drug-likeness (QED) is 0.748. The molecule has 0 amide bonds. The first-order valence-electron chi connectivity index (χ1n) is 4.95. The summed E-state index contributed by atoms with van der Waals surface area (Å²) in [6.45, 7) is 3.34. The first kappa shape index (κ1) is 8.76. The zero-order valence-corrected chi connectivity index (χ0v) is 7.96. The predicted octanol–water partition coefficient (Wildman–Crippen LogP) is 3.01. The second-order valence-corrected chi connectivity index (χ2v) is 3.72. The highest BCUT2D eigenvalue weighted by Gasteiger charge is 2.23. The molecular weight excluding hydrogens is 160 g/mol. The first-order chi connectivity index (χ1) is 6.35. The van der Waals surface area contributed by atoms with Crippen molar-refractivity contribution in [2.24, 2.45) is 0 Å². The van der Waals surface area contributed by atoms with Gasteiger partial charge < -0.3 is 5.11 Å². The molecule has 2 rings (SSSR count). The highest BCUT2D eigenvalue weighted by molar-refractivity contribution is 5.38. The van der Waals surface area contributed by atoms with E-state index in [9.17, 15) is 0 Å². The zero-order chi connectivity index (χ0) is 9.26. The maximum Gasteiger partial charge on any atom is 0.109 e. The van der Waals surface area contributed by atoms with Gasteiger partial charge in [0.2, 0.25) is 0 Å². The SMILES string of the molecule is CCc1ccc(C2CC2)cc1[CH]O. The molecule has 69 valence electrons. The number of hydrogen-bond acceptors (Lipinski definition) is 1. The Balaban J connectivity index is 2.31. The number of hydrogen-bond donors (Lipinski definition) is 1. The monoisotopic (exact) mass is 175 g/mol. The van der Waals surface area contributed by atoms with Gasteiger partial charge in [-0.15, -0.1) is 0 Å². The van der Waals surface area contributed by atoms with Crippen molar-refractivity contribution in [2.75, 3.05) is 0 Å². The third-order valence-corrected chi connectivity index (χ3v) is 2.74. The normalized spacial score (nSPS) is 16.2. The summed E-state index contributed by atoms with van der Waals surface area (Å²) in [6.07, 6.45) is 3.62. The highest BCUT2D eigenvalue weighted by atomic mass is 16.3. The van der Waals surface area contributed by atoms with E-state index in [1.54, 1.807) is 0 Å². The summed E-state index contributed by atoms with van der Waals surface area (Å²) in [5.74, 6) is 0.768. The van der Waals surface area contributed by atoms with Crippen LogP contribution in [0.4, 0.5) is 0 Å². The minimum Gasteiger partial charge on any atom is -0.385 e. The summed E-state index contributed by atoms with van der Waals surface area (Å²) < 4.78 is 0. The van der Waals surface area contributed by atoms with Gasteiger partial charge >= 0.3 is 0 Å². The van der Waals surface area contributed by atoms with Crippen LogP contribution < -0.4 is 0 Å². The van der Waals surface area contributed by atoms with Crippen molar-refractivity contribution in [1.29, 1.82) is 0 Å². The van der Waals surface area contributed by atoms with Crippen LogP contribution in [0.5, 0.6) is 0 Å². The molecule has 0 heterocycles. The molecule has 1 aliphatic carbocycles. The first-order valence-corrected chi connectivity index (χ1v) is 4.95. The van der Waals surface area contributed by atoms with Gasteiger partial charge in [0.25, 0.3) is 0 Å². The van der Waals surface area contributed by atoms with Gasteiger partial charge in [0.05, 0.1) is 0 Å². The molecule has 0 aromatic heterocycles. The van der Waals surface area contributed by atoms with Gasteiger partial charge in [0.15, 0.2) is 0 Å². The fraction of sp³-hybridized carbons (Fsp3) is 0.417. The van der Waals surface area contributed by atoms with E-state index in [0.29, 0.717) is 0 Å². The average molecular weight is 175 g/mol. The van der Waals surface area contributed by atoms with Gasteiger partial charge in [-0.05, 0) is 41.9 Å². The molecule has 1 nitrogen and oxygen atoms in total. The number of aryl methyl sites for hydroxylation is 1. The lowest BCUT2D eigenvalue weighted by Crippen LogP contribution is -1.92. The Hall–Kier alpha value is -0.820. The predicted molar refractivity (Wildman–Crippen MR) is 53.1 cm³/mol. The van der Waals surface area contributed by atoms with Crippen LogP contribution in [0.2, 0.25) is 0 Å². The Morgan fingerprint density at radius 3 is 2.77 bits per heavy atom.